The highest BCUT2D eigenvalue weighted by Gasteiger charge is 2.36. The lowest BCUT2D eigenvalue weighted by Gasteiger charge is -2.38. The summed E-state index contributed by atoms with van der Waals surface area (Å²) in [4.78, 5) is 50.6. The van der Waals surface area contributed by atoms with Gasteiger partial charge in [-0.05, 0) is 56.1 Å². The number of imidazole rings is 1. The summed E-state index contributed by atoms with van der Waals surface area (Å²) in [6, 6.07) is 6.79. The van der Waals surface area contributed by atoms with Crippen LogP contribution in [0.25, 0.3) is 11.3 Å². The maximum absolute atomic E-state index is 14.6. The molecule has 13 nitrogen and oxygen atoms in total. The minimum atomic E-state index is -1.15. The number of benzene rings is 2. The zero-order valence-electron chi connectivity index (χ0n) is 24.9. The predicted molar refractivity (Wildman–Crippen MR) is 163 cm³/mol. The largest absolute Gasteiger partial charge is 0.494 e. The summed E-state index contributed by atoms with van der Waals surface area (Å²) in [5, 5.41) is 28.6. The Labute approximate surface area is 267 Å². The van der Waals surface area contributed by atoms with E-state index in [1.54, 1.807) is 0 Å². The Morgan fingerprint density at radius 2 is 1.80 bits per heavy atom. The fourth-order valence-corrected chi connectivity index (χ4v) is 5.56. The molecule has 2 heterocycles. The quantitative estimate of drug-likeness (QED) is 0.197. The van der Waals surface area contributed by atoms with Gasteiger partial charge in [0.25, 0.3) is 18.3 Å². The van der Waals surface area contributed by atoms with E-state index in [2.05, 4.69) is 26.3 Å². The fraction of sp³-hybridized carbons (Fsp3) is 0.367. The molecule has 2 atom stereocenters. The first-order valence-corrected chi connectivity index (χ1v) is 14.6. The van der Waals surface area contributed by atoms with E-state index in [0.717, 1.165) is 0 Å². The minimum Gasteiger partial charge on any atom is -0.494 e. The Morgan fingerprint density at radius 3 is 2.46 bits per heavy atom. The molecule has 6 N–H and O–H groups in total. The molecule has 246 valence electrons. The third-order valence-electron chi connectivity index (χ3n) is 7.81. The molecule has 16 heteroatoms. The first-order chi connectivity index (χ1) is 22.0. The number of anilines is 1. The summed E-state index contributed by atoms with van der Waals surface area (Å²) in [6.45, 7) is 0.822. The molecule has 0 spiro atoms. The van der Waals surface area contributed by atoms with Crippen molar-refractivity contribution < 1.29 is 42.9 Å². The highest BCUT2D eigenvalue weighted by Crippen LogP contribution is 2.30. The van der Waals surface area contributed by atoms with Gasteiger partial charge in [-0.15, -0.1) is 0 Å². The number of carbonyl (C=O) groups excluding carboxylic acids is 3. The normalized spacial score (nSPS) is 20.3. The molecular formula is C30H33ClF2N6O7. The van der Waals surface area contributed by atoms with Crippen molar-refractivity contribution in [2.75, 3.05) is 25.5 Å². The molecule has 46 heavy (non-hydrogen) atoms. The molecule has 5 rings (SSSR count). The lowest BCUT2D eigenvalue weighted by Crippen LogP contribution is -2.56. The zero-order chi connectivity index (χ0) is 33.5. The van der Waals surface area contributed by atoms with Crippen LogP contribution in [0.1, 0.15) is 40.2 Å². The van der Waals surface area contributed by atoms with Gasteiger partial charge >= 0.3 is 0 Å². The Hall–Kier alpha value is -4.60. The SMILES string of the molecule is COc1ccc(-c2cnc(C(=O)Nc3ccc(C(=O)NC4CC(NC(=O)[C@@H]5CCNC[C@@H]5O)C4)c(Cl)c3)n2C)c(F)c1F.O=CO. The minimum absolute atomic E-state index is 0.0649. The topological polar surface area (TPSA) is 184 Å². The summed E-state index contributed by atoms with van der Waals surface area (Å²) < 4.78 is 34.9. The van der Waals surface area contributed by atoms with Crippen molar-refractivity contribution in [1.29, 1.82) is 0 Å². The smallest absolute Gasteiger partial charge is 0.291 e. The number of aliphatic hydroxyl groups excluding tert-OH is 1. The lowest BCUT2D eigenvalue weighted by atomic mass is 9.85. The maximum atomic E-state index is 14.6. The fourth-order valence-electron chi connectivity index (χ4n) is 5.29. The number of piperidine rings is 1. The second kappa shape index (κ2) is 15.1. The van der Waals surface area contributed by atoms with Gasteiger partial charge in [-0.3, -0.25) is 19.2 Å². The highest BCUT2D eigenvalue weighted by atomic mass is 35.5. The van der Waals surface area contributed by atoms with Gasteiger partial charge in [0.2, 0.25) is 11.7 Å². The van der Waals surface area contributed by atoms with Gasteiger partial charge in [0, 0.05) is 36.9 Å². The standard InChI is InChI=1S/C29H31ClF2N6O5.CH2O2/c1-38-21(18-5-6-23(43-2)25(32)24(18)31)12-34-26(38)29(42)35-14-3-4-17(20(30)11-14)27(40)36-15-9-16(10-15)37-28(41)19-7-8-33-13-22(19)39;2-1-3/h3-6,11-12,15-16,19,22,33,39H,7-10,13H2,1-2H3,(H,35,42)(H,36,40)(H,37,41);1H,(H,2,3)/t15?,16?,19-,22+;/m1./s1. The number of nitrogens with one attached hydrogen (secondary N) is 4. The van der Waals surface area contributed by atoms with Gasteiger partial charge in [0.1, 0.15) is 0 Å². The van der Waals surface area contributed by atoms with Crippen LogP contribution in [0, 0.1) is 17.6 Å². The third kappa shape index (κ3) is 7.61. The second-order valence-electron chi connectivity index (χ2n) is 10.7. The lowest BCUT2D eigenvalue weighted by molar-refractivity contribution is -0.131. The number of ether oxygens (including phenoxy) is 1. The number of amides is 3. The molecule has 2 fully saturated rings. The Bertz CT molecular complexity index is 1610. The summed E-state index contributed by atoms with van der Waals surface area (Å²) in [5.74, 6) is -4.22. The van der Waals surface area contributed by atoms with Gasteiger partial charge in [0.05, 0.1) is 41.6 Å². The number of β-amino-alcohol motifs (C(OH)–C–C–N with tert-alkyl or cyclic N) is 1. The summed E-state index contributed by atoms with van der Waals surface area (Å²) in [6.07, 6.45) is 2.23. The number of aromatic nitrogens is 2. The molecule has 1 aliphatic heterocycles. The number of hydrogen-bond acceptors (Lipinski definition) is 8. The Balaban J connectivity index is 0.00000154. The number of hydrogen-bond donors (Lipinski definition) is 6. The van der Waals surface area contributed by atoms with Crippen LogP contribution in [0.3, 0.4) is 0 Å². The molecule has 1 saturated carbocycles. The van der Waals surface area contributed by atoms with Crippen LogP contribution in [0.5, 0.6) is 5.75 Å². The van der Waals surface area contributed by atoms with Crippen LogP contribution < -0.4 is 26.0 Å². The van der Waals surface area contributed by atoms with E-state index in [-0.39, 0.29) is 57.9 Å². The summed E-state index contributed by atoms with van der Waals surface area (Å²) in [7, 11) is 2.72. The van der Waals surface area contributed by atoms with Crippen molar-refractivity contribution in [3.05, 3.63) is 64.6 Å². The molecule has 1 aromatic heterocycles. The van der Waals surface area contributed by atoms with E-state index in [0.29, 0.717) is 38.0 Å². The van der Waals surface area contributed by atoms with Crippen LogP contribution in [0.15, 0.2) is 36.5 Å². The monoisotopic (exact) mass is 662 g/mol. The number of halogens is 3. The van der Waals surface area contributed by atoms with E-state index in [1.807, 2.05) is 0 Å². The Morgan fingerprint density at radius 1 is 1.11 bits per heavy atom. The van der Waals surface area contributed by atoms with Crippen molar-refractivity contribution in [3.63, 3.8) is 0 Å². The molecule has 0 unspecified atom stereocenters. The van der Waals surface area contributed by atoms with Crippen LogP contribution in [-0.2, 0) is 16.6 Å². The average Bonchev–Trinajstić information content (AvgIpc) is 3.38. The van der Waals surface area contributed by atoms with Crippen molar-refractivity contribution >= 4 is 41.5 Å². The molecule has 1 saturated heterocycles. The summed E-state index contributed by atoms with van der Waals surface area (Å²) in [5.41, 5.74) is 0.591. The van der Waals surface area contributed by atoms with E-state index < -0.39 is 35.5 Å². The molecule has 2 aliphatic rings. The van der Waals surface area contributed by atoms with Crippen molar-refractivity contribution in [3.8, 4) is 17.0 Å². The van der Waals surface area contributed by atoms with Gasteiger partial charge in [-0.25, -0.2) is 9.37 Å². The average molecular weight is 663 g/mol. The van der Waals surface area contributed by atoms with Gasteiger partial charge < -0.3 is 40.8 Å². The predicted octanol–water partition coefficient (Wildman–Crippen LogP) is 2.33. The molecule has 0 radical (unpaired) electrons. The van der Waals surface area contributed by atoms with Crippen molar-refractivity contribution in [1.82, 2.24) is 25.5 Å². The van der Waals surface area contributed by atoms with E-state index in [1.165, 1.54) is 55.3 Å². The number of nitrogens with zero attached hydrogens (tertiary/aromatic N) is 2. The van der Waals surface area contributed by atoms with Crippen molar-refractivity contribution in [2.24, 2.45) is 13.0 Å². The zero-order valence-corrected chi connectivity index (χ0v) is 25.6. The first kappa shape index (κ1) is 34.3. The molecule has 1 aliphatic carbocycles. The highest BCUT2D eigenvalue weighted by molar-refractivity contribution is 6.34. The number of rotatable bonds is 8. The summed E-state index contributed by atoms with van der Waals surface area (Å²) >= 11 is 6.36. The maximum Gasteiger partial charge on any atom is 0.291 e. The van der Waals surface area contributed by atoms with Crippen LogP contribution in [-0.4, -0.2) is 82.3 Å². The number of carboxylic acid groups (broad SMARTS) is 1. The second-order valence-corrected chi connectivity index (χ2v) is 11.1. The van der Waals surface area contributed by atoms with E-state index in [9.17, 15) is 28.3 Å². The first-order valence-electron chi connectivity index (χ1n) is 14.2. The molecule has 0 bridgehead atoms. The molecule has 3 amide bonds. The number of methoxy groups -OCH3 is 1. The van der Waals surface area contributed by atoms with Crippen LogP contribution in [0.4, 0.5) is 14.5 Å². The third-order valence-corrected chi connectivity index (χ3v) is 8.12. The Kier molecular flexibility index (Phi) is 11.3. The van der Waals surface area contributed by atoms with Crippen LogP contribution >= 0.6 is 11.6 Å². The molecular weight excluding hydrogens is 630 g/mol. The number of aliphatic hydroxyl groups is 1. The molecule has 2 aromatic carbocycles. The van der Waals surface area contributed by atoms with E-state index in [4.69, 9.17) is 26.2 Å². The van der Waals surface area contributed by atoms with Gasteiger partial charge in [-0.2, -0.15) is 4.39 Å². The van der Waals surface area contributed by atoms with Crippen LogP contribution in [0.2, 0.25) is 5.02 Å². The van der Waals surface area contributed by atoms with Crippen molar-refractivity contribution in [2.45, 2.75) is 37.5 Å². The van der Waals surface area contributed by atoms with Gasteiger partial charge in [-0.1, -0.05) is 11.6 Å². The van der Waals surface area contributed by atoms with E-state index >= 15 is 0 Å². The van der Waals surface area contributed by atoms with Gasteiger partial charge in [0.15, 0.2) is 17.4 Å². The molecule has 3 aromatic rings. The number of carbonyl (C=O) groups is 4.